The number of halogens is 1. The van der Waals surface area contributed by atoms with Gasteiger partial charge in [-0.2, -0.15) is 4.98 Å². The van der Waals surface area contributed by atoms with Crippen LogP contribution in [0.3, 0.4) is 0 Å². The van der Waals surface area contributed by atoms with Crippen molar-refractivity contribution in [2.75, 3.05) is 0 Å². The van der Waals surface area contributed by atoms with Crippen LogP contribution in [-0.4, -0.2) is 29.8 Å². The highest BCUT2D eigenvalue weighted by atomic mass is 35.5. The molecule has 182 valence electrons. The summed E-state index contributed by atoms with van der Waals surface area (Å²) in [5, 5.41) is 19.4. The molecule has 0 saturated heterocycles. The molecule has 0 aliphatic carbocycles. The summed E-state index contributed by atoms with van der Waals surface area (Å²) in [4.78, 5) is 22.6. The third kappa shape index (κ3) is 5.43. The molecule has 9 heteroatoms. The Kier molecular flexibility index (Phi) is 7.60. The van der Waals surface area contributed by atoms with Crippen molar-refractivity contribution < 1.29 is 9.52 Å². The smallest absolute Gasteiger partial charge is 0.270 e. The molecule has 3 aromatic heterocycles. The zero-order chi connectivity index (χ0) is 24.9. The van der Waals surface area contributed by atoms with Crippen LogP contribution in [0.15, 0.2) is 57.9 Å². The molecule has 35 heavy (non-hydrogen) atoms. The van der Waals surface area contributed by atoms with E-state index in [1.54, 1.807) is 16.7 Å². The molecule has 0 aliphatic rings. The van der Waals surface area contributed by atoms with Crippen LogP contribution in [0, 0.1) is 5.92 Å². The van der Waals surface area contributed by atoms with Crippen molar-refractivity contribution in [3.05, 3.63) is 87.0 Å². The first kappa shape index (κ1) is 24.6. The highest BCUT2D eigenvalue weighted by molar-refractivity contribution is 6.30. The number of aryl methyl sites for hydroxylation is 1. The van der Waals surface area contributed by atoms with Gasteiger partial charge in [-0.05, 0) is 30.0 Å². The van der Waals surface area contributed by atoms with Crippen molar-refractivity contribution in [1.29, 1.82) is 0 Å². The molecule has 0 fully saturated rings. The summed E-state index contributed by atoms with van der Waals surface area (Å²) in [6.07, 6.45) is 4.13. The maximum atomic E-state index is 13.9. The Bertz CT molecular complexity index is 1330. The van der Waals surface area contributed by atoms with Crippen LogP contribution >= 0.6 is 11.6 Å². The first-order valence-corrected chi connectivity index (χ1v) is 12.1. The minimum Gasteiger partial charge on any atom is -0.493 e. The Morgan fingerprint density at radius 3 is 2.54 bits per heavy atom. The lowest BCUT2D eigenvalue weighted by Gasteiger charge is -2.27. The largest absolute Gasteiger partial charge is 0.493 e. The molecular weight excluding hydrogens is 466 g/mol. The molecule has 0 amide bonds. The number of aromatic nitrogens is 5. The van der Waals surface area contributed by atoms with Gasteiger partial charge in [-0.3, -0.25) is 14.3 Å². The van der Waals surface area contributed by atoms with E-state index in [-0.39, 0.29) is 35.7 Å². The van der Waals surface area contributed by atoms with E-state index in [0.717, 1.165) is 18.4 Å². The lowest BCUT2D eigenvalue weighted by molar-refractivity contribution is 0.388. The minimum atomic E-state index is -0.411. The monoisotopic (exact) mass is 493 g/mol. The van der Waals surface area contributed by atoms with Crippen LogP contribution in [0.4, 0.5) is 0 Å². The van der Waals surface area contributed by atoms with Gasteiger partial charge in [0.25, 0.3) is 11.4 Å². The number of unbranched alkanes of at least 4 members (excludes halogenated alkanes) is 1. The molecule has 0 bridgehead atoms. The molecule has 8 nitrogen and oxygen atoms in total. The second kappa shape index (κ2) is 10.8. The van der Waals surface area contributed by atoms with E-state index in [1.165, 1.54) is 6.20 Å². The highest BCUT2D eigenvalue weighted by Crippen LogP contribution is 2.30. The quantitative estimate of drug-likeness (QED) is 0.340. The Morgan fingerprint density at radius 1 is 1.11 bits per heavy atom. The van der Waals surface area contributed by atoms with Crippen molar-refractivity contribution >= 4 is 11.6 Å². The van der Waals surface area contributed by atoms with E-state index in [1.807, 2.05) is 30.3 Å². The summed E-state index contributed by atoms with van der Waals surface area (Å²) in [5.41, 5.74) is 1.16. The summed E-state index contributed by atoms with van der Waals surface area (Å²) in [5.74, 6) is 0.399. The third-order valence-corrected chi connectivity index (χ3v) is 6.00. The minimum absolute atomic E-state index is 0.0738. The SMILES string of the molecule is CCCCc1nc(O)c(-c2nnc(Cc3ccc(Cl)cn3)o2)c(=O)n1C(c1ccccc1)C(C)C. The van der Waals surface area contributed by atoms with Crippen LogP contribution < -0.4 is 5.56 Å². The first-order chi connectivity index (χ1) is 16.9. The topological polar surface area (TPSA) is 107 Å². The van der Waals surface area contributed by atoms with E-state index in [0.29, 0.717) is 23.0 Å². The normalized spacial score (nSPS) is 12.3. The molecule has 1 aromatic carbocycles. The summed E-state index contributed by atoms with van der Waals surface area (Å²) < 4.78 is 7.45. The van der Waals surface area contributed by atoms with Gasteiger partial charge in [0.05, 0.1) is 17.5 Å². The summed E-state index contributed by atoms with van der Waals surface area (Å²) in [6, 6.07) is 13.0. The Hall–Kier alpha value is -3.52. The van der Waals surface area contributed by atoms with Gasteiger partial charge in [0.1, 0.15) is 5.82 Å². The van der Waals surface area contributed by atoms with E-state index >= 15 is 0 Å². The van der Waals surface area contributed by atoms with Crippen LogP contribution in [0.5, 0.6) is 5.88 Å². The lowest BCUT2D eigenvalue weighted by Crippen LogP contribution is -2.33. The molecule has 1 N–H and O–H groups in total. The number of nitrogens with zero attached hydrogens (tertiary/aromatic N) is 5. The van der Waals surface area contributed by atoms with Gasteiger partial charge in [-0.1, -0.05) is 69.1 Å². The number of hydrogen-bond donors (Lipinski definition) is 1. The summed E-state index contributed by atoms with van der Waals surface area (Å²) in [6.45, 7) is 6.19. The van der Waals surface area contributed by atoms with Gasteiger partial charge in [-0.15, -0.1) is 10.2 Å². The Morgan fingerprint density at radius 2 is 1.89 bits per heavy atom. The average Bonchev–Trinajstić information content (AvgIpc) is 3.29. The van der Waals surface area contributed by atoms with Gasteiger partial charge in [0.15, 0.2) is 5.56 Å². The molecule has 4 rings (SSSR count). The third-order valence-electron chi connectivity index (χ3n) is 5.78. The number of pyridine rings is 1. The predicted molar refractivity (Wildman–Crippen MR) is 134 cm³/mol. The lowest BCUT2D eigenvalue weighted by atomic mass is 9.95. The molecule has 4 aromatic rings. The van der Waals surface area contributed by atoms with Gasteiger partial charge in [0.2, 0.25) is 11.8 Å². The Balaban J connectivity index is 1.81. The van der Waals surface area contributed by atoms with Gasteiger partial charge < -0.3 is 9.52 Å². The second-order valence-electron chi connectivity index (χ2n) is 8.75. The average molecular weight is 494 g/mol. The molecule has 1 atom stereocenters. The molecular formula is C26H28ClN5O3. The fourth-order valence-corrected chi connectivity index (χ4v) is 4.24. The summed E-state index contributed by atoms with van der Waals surface area (Å²) in [7, 11) is 0. The van der Waals surface area contributed by atoms with Gasteiger partial charge in [-0.25, -0.2) is 0 Å². The number of benzene rings is 1. The molecule has 0 spiro atoms. The zero-order valence-electron chi connectivity index (χ0n) is 20.0. The second-order valence-corrected chi connectivity index (χ2v) is 9.19. The van der Waals surface area contributed by atoms with Gasteiger partial charge in [0, 0.05) is 18.3 Å². The van der Waals surface area contributed by atoms with E-state index < -0.39 is 11.4 Å². The number of hydrogen-bond acceptors (Lipinski definition) is 7. The highest BCUT2D eigenvalue weighted by Gasteiger charge is 2.28. The van der Waals surface area contributed by atoms with Crippen molar-refractivity contribution in [3.8, 4) is 17.3 Å². The van der Waals surface area contributed by atoms with E-state index in [9.17, 15) is 9.90 Å². The Labute approximate surface area is 208 Å². The zero-order valence-corrected chi connectivity index (χ0v) is 20.7. The van der Waals surface area contributed by atoms with E-state index in [4.69, 9.17) is 16.0 Å². The standard InChI is InChI=1S/C26H28ClN5O3/c1-4-5-11-20-29-24(33)22(25-31-30-21(35-25)14-19-13-12-18(27)15-28-19)26(34)32(20)23(16(2)3)17-9-7-6-8-10-17/h6-10,12-13,15-16,23,33H,4-5,11,14H2,1-3H3. The predicted octanol–water partition coefficient (Wildman–Crippen LogP) is 5.23. The van der Waals surface area contributed by atoms with Crippen molar-refractivity contribution in [1.82, 2.24) is 24.7 Å². The van der Waals surface area contributed by atoms with Crippen molar-refractivity contribution in [3.63, 3.8) is 0 Å². The fourth-order valence-electron chi connectivity index (χ4n) is 4.12. The maximum absolute atomic E-state index is 13.9. The molecule has 1 unspecified atom stereocenters. The maximum Gasteiger partial charge on any atom is 0.270 e. The molecule has 0 saturated carbocycles. The van der Waals surface area contributed by atoms with Crippen LogP contribution in [0.25, 0.3) is 11.5 Å². The fraction of sp³-hybridized carbons (Fsp3) is 0.346. The molecule has 3 heterocycles. The van der Waals surface area contributed by atoms with Crippen LogP contribution in [0.1, 0.15) is 62.6 Å². The van der Waals surface area contributed by atoms with Gasteiger partial charge >= 0.3 is 0 Å². The first-order valence-electron chi connectivity index (χ1n) is 11.7. The molecule has 0 aliphatic heterocycles. The van der Waals surface area contributed by atoms with E-state index in [2.05, 4.69) is 40.9 Å². The molecule has 0 radical (unpaired) electrons. The van der Waals surface area contributed by atoms with Crippen molar-refractivity contribution in [2.45, 2.75) is 52.5 Å². The number of rotatable bonds is 9. The summed E-state index contributed by atoms with van der Waals surface area (Å²) >= 11 is 5.90. The van der Waals surface area contributed by atoms with Crippen LogP contribution in [-0.2, 0) is 12.8 Å². The van der Waals surface area contributed by atoms with Crippen molar-refractivity contribution in [2.24, 2.45) is 5.92 Å². The number of aromatic hydroxyl groups is 1. The van der Waals surface area contributed by atoms with Crippen LogP contribution in [0.2, 0.25) is 5.02 Å².